The third-order valence-electron chi connectivity index (χ3n) is 4.89. The summed E-state index contributed by atoms with van der Waals surface area (Å²) in [6.45, 7) is 4.41. The standard InChI is InChI=1S/C24H21/c1-18(22-16-15-19-7-2-3-9-23(19)17-22)13-14-21-11-6-10-20-8-4-5-12-24(20)21/h2-12,15-18H,1,13-14H2. The van der Waals surface area contributed by atoms with Gasteiger partial charge in [0, 0.05) is 0 Å². The van der Waals surface area contributed by atoms with E-state index in [0.29, 0.717) is 5.92 Å². The van der Waals surface area contributed by atoms with Gasteiger partial charge >= 0.3 is 0 Å². The van der Waals surface area contributed by atoms with Crippen LogP contribution >= 0.6 is 0 Å². The molecule has 1 unspecified atom stereocenters. The summed E-state index contributed by atoms with van der Waals surface area (Å²) >= 11 is 0. The quantitative estimate of drug-likeness (QED) is 0.401. The normalized spacial score (nSPS) is 12.5. The van der Waals surface area contributed by atoms with Crippen LogP contribution in [0.25, 0.3) is 21.5 Å². The summed E-state index contributed by atoms with van der Waals surface area (Å²) in [7, 11) is 0. The van der Waals surface area contributed by atoms with Crippen LogP contribution in [-0.2, 0) is 6.42 Å². The van der Waals surface area contributed by atoms with E-state index >= 15 is 0 Å². The number of benzene rings is 4. The van der Waals surface area contributed by atoms with E-state index in [1.165, 1.54) is 32.7 Å². The minimum Gasteiger partial charge on any atom is -0.0616 e. The Morgan fingerprint density at radius 1 is 0.667 bits per heavy atom. The van der Waals surface area contributed by atoms with Crippen molar-refractivity contribution in [1.82, 2.24) is 0 Å². The van der Waals surface area contributed by atoms with Gasteiger partial charge < -0.3 is 0 Å². The molecule has 117 valence electrons. The van der Waals surface area contributed by atoms with Gasteiger partial charge in [-0.25, -0.2) is 0 Å². The molecular formula is C24H21. The fourth-order valence-electron chi connectivity index (χ4n) is 3.47. The highest BCUT2D eigenvalue weighted by atomic mass is 14.1. The van der Waals surface area contributed by atoms with Crippen LogP contribution in [0.4, 0.5) is 0 Å². The molecule has 1 radical (unpaired) electrons. The molecule has 0 heterocycles. The fourth-order valence-corrected chi connectivity index (χ4v) is 3.47. The van der Waals surface area contributed by atoms with Crippen molar-refractivity contribution in [2.75, 3.05) is 0 Å². The number of aryl methyl sites for hydroxylation is 1. The first kappa shape index (κ1) is 15.0. The summed E-state index contributed by atoms with van der Waals surface area (Å²) in [4.78, 5) is 0. The van der Waals surface area contributed by atoms with Crippen molar-refractivity contribution < 1.29 is 0 Å². The van der Waals surface area contributed by atoms with E-state index in [2.05, 4.69) is 91.9 Å². The van der Waals surface area contributed by atoms with Crippen LogP contribution in [-0.4, -0.2) is 0 Å². The third-order valence-corrected chi connectivity index (χ3v) is 4.89. The molecular weight excluding hydrogens is 288 g/mol. The summed E-state index contributed by atoms with van der Waals surface area (Å²) in [5.41, 5.74) is 2.75. The summed E-state index contributed by atoms with van der Waals surface area (Å²) in [5.74, 6) is 0.313. The molecule has 0 saturated heterocycles. The maximum absolute atomic E-state index is 4.41. The second-order valence-corrected chi connectivity index (χ2v) is 6.48. The molecule has 0 bridgehead atoms. The van der Waals surface area contributed by atoms with Gasteiger partial charge in [0.05, 0.1) is 0 Å². The van der Waals surface area contributed by atoms with Crippen LogP contribution in [0.1, 0.15) is 23.5 Å². The SMILES string of the molecule is [CH2]C(CCc1cccc2ccccc12)c1ccc2ccccc2c1. The topological polar surface area (TPSA) is 0 Å². The average molecular weight is 309 g/mol. The number of rotatable bonds is 4. The molecule has 0 spiro atoms. The van der Waals surface area contributed by atoms with E-state index in [0.717, 1.165) is 12.8 Å². The van der Waals surface area contributed by atoms with Crippen LogP contribution in [0.15, 0.2) is 84.9 Å². The highest BCUT2D eigenvalue weighted by molar-refractivity contribution is 5.85. The Labute approximate surface area is 143 Å². The Morgan fingerprint density at radius 2 is 1.38 bits per heavy atom. The molecule has 0 aromatic heterocycles. The molecule has 0 aliphatic carbocycles. The lowest BCUT2D eigenvalue weighted by Gasteiger charge is -2.14. The molecule has 0 amide bonds. The van der Waals surface area contributed by atoms with Gasteiger partial charge in [-0.05, 0) is 58.4 Å². The van der Waals surface area contributed by atoms with Crippen LogP contribution < -0.4 is 0 Å². The van der Waals surface area contributed by atoms with Crippen LogP contribution in [0, 0.1) is 6.92 Å². The largest absolute Gasteiger partial charge is 0.0616 e. The molecule has 0 heteroatoms. The molecule has 4 aromatic rings. The second-order valence-electron chi connectivity index (χ2n) is 6.48. The van der Waals surface area contributed by atoms with E-state index in [4.69, 9.17) is 0 Å². The fraction of sp³-hybridized carbons (Fsp3) is 0.125. The first-order valence-electron chi connectivity index (χ1n) is 8.60. The smallest absolute Gasteiger partial charge is 0.0152 e. The number of hydrogen-bond acceptors (Lipinski definition) is 0. The maximum Gasteiger partial charge on any atom is -0.0152 e. The van der Waals surface area contributed by atoms with Gasteiger partial charge in [-0.15, -0.1) is 0 Å². The number of fused-ring (bicyclic) bond motifs is 2. The van der Waals surface area contributed by atoms with Crippen molar-refractivity contribution in [3.8, 4) is 0 Å². The Morgan fingerprint density at radius 3 is 2.25 bits per heavy atom. The predicted octanol–water partition coefficient (Wildman–Crippen LogP) is 6.54. The van der Waals surface area contributed by atoms with Gasteiger partial charge in [-0.3, -0.25) is 0 Å². The van der Waals surface area contributed by atoms with Crippen molar-refractivity contribution >= 4 is 21.5 Å². The summed E-state index contributed by atoms with van der Waals surface area (Å²) in [5, 5.41) is 5.28. The zero-order valence-corrected chi connectivity index (χ0v) is 13.8. The third kappa shape index (κ3) is 2.92. The van der Waals surface area contributed by atoms with Crippen molar-refractivity contribution in [3.05, 3.63) is 103 Å². The molecule has 0 aliphatic heterocycles. The lowest BCUT2D eigenvalue weighted by atomic mass is 9.91. The van der Waals surface area contributed by atoms with E-state index in [-0.39, 0.29) is 0 Å². The van der Waals surface area contributed by atoms with Crippen molar-refractivity contribution in [1.29, 1.82) is 0 Å². The van der Waals surface area contributed by atoms with Gasteiger partial charge in [0.2, 0.25) is 0 Å². The molecule has 0 fully saturated rings. The lowest BCUT2D eigenvalue weighted by molar-refractivity contribution is 0.736. The van der Waals surface area contributed by atoms with Gasteiger partial charge in [0.15, 0.2) is 0 Å². The molecule has 0 saturated carbocycles. The minimum atomic E-state index is 0.313. The van der Waals surface area contributed by atoms with Crippen molar-refractivity contribution in [2.24, 2.45) is 0 Å². The van der Waals surface area contributed by atoms with E-state index in [1.54, 1.807) is 0 Å². The van der Waals surface area contributed by atoms with Gasteiger partial charge in [0.1, 0.15) is 0 Å². The lowest BCUT2D eigenvalue weighted by Crippen LogP contribution is -1.97. The minimum absolute atomic E-state index is 0.313. The zero-order valence-electron chi connectivity index (χ0n) is 13.8. The molecule has 0 N–H and O–H groups in total. The highest BCUT2D eigenvalue weighted by Crippen LogP contribution is 2.27. The Bertz CT molecular complexity index is 976. The molecule has 0 aliphatic rings. The van der Waals surface area contributed by atoms with E-state index in [1.807, 2.05) is 0 Å². The van der Waals surface area contributed by atoms with E-state index in [9.17, 15) is 0 Å². The first-order valence-corrected chi connectivity index (χ1v) is 8.60. The molecule has 4 aromatic carbocycles. The van der Waals surface area contributed by atoms with Gasteiger partial charge in [-0.1, -0.05) is 84.9 Å². The zero-order chi connectivity index (χ0) is 16.4. The molecule has 1 atom stereocenters. The van der Waals surface area contributed by atoms with Crippen molar-refractivity contribution in [3.63, 3.8) is 0 Å². The molecule has 24 heavy (non-hydrogen) atoms. The predicted molar refractivity (Wildman–Crippen MR) is 104 cm³/mol. The molecule has 4 rings (SSSR count). The monoisotopic (exact) mass is 309 g/mol. The summed E-state index contributed by atoms with van der Waals surface area (Å²) < 4.78 is 0. The second kappa shape index (κ2) is 6.49. The Balaban J connectivity index is 1.55. The van der Waals surface area contributed by atoms with Crippen molar-refractivity contribution in [2.45, 2.75) is 18.8 Å². The Kier molecular flexibility index (Phi) is 4.04. The number of hydrogen-bond donors (Lipinski definition) is 0. The highest BCUT2D eigenvalue weighted by Gasteiger charge is 2.08. The van der Waals surface area contributed by atoms with Gasteiger partial charge in [0.25, 0.3) is 0 Å². The van der Waals surface area contributed by atoms with E-state index < -0.39 is 0 Å². The summed E-state index contributed by atoms with van der Waals surface area (Å²) in [6.07, 6.45) is 2.12. The average Bonchev–Trinajstić information content (AvgIpc) is 2.65. The van der Waals surface area contributed by atoms with Crippen LogP contribution in [0.5, 0.6) is 0 Å². The molecule has 0 nitrogen and oxygen atoms in total. The summed E-state index contributed by atoms with van der Waals surface area (Å²) in [6, 6.07) is 30.5. The first-order chi connectivity index (χ1) is 11.8. The Hall–Kier alpha value is -2.60. The maximum atomic E-state index is 4.41. The van der Waals surface area contributed by atoms with Gasteiger partial charge in [-0.2, -0.15) is 0 Å². The van der Waals surface area contributed by atoms with Crippen LogP contribution in [0.2, 0.25) is 0 Å². The van der Waals surface area contributed by atoms with Crippen LogP contribution in [0.3, 0.4) is 0 Å².